The minimum Gasteiger partial charge on any atom is -0.452 e. The van der Waals surface area contributed by atoms with Gasteiger partial charge in [0.15, 0.2) is 6.61 Å². The third kappa shape index (κ3) is 4.47. The van der Waals surface area contributed by atoms with Gasteiger partial charge < -0.3 is 10.1 Å². The molecule has 0 atom stereocenters. The van der Waals surface area contributed by atoms with Gasteiger partial charge in [-0.05, 0) is 47.6 Å². The van der Waals surface area contributed by atoms with Crippen LogP contribution in [0.3, 0.4) is 0 Å². The van der Waals surface area contributed by atoms with E-state index in [0.717, 1.165) is 29.3 Å². The van der Waals surface area contributed by atoms with Gasteiger partial charge in [0, 0.05) is 9.61 Å². The summed E-state index contributed by atoms with van der Waals surface area (Å²) < 4.78 is 5.88. The predicted octanol–water partition coefficient (Wildman–Crippen LogP) is 2.90. The van der Waals surface area contributed by atoms with E-state index in [1.807, 2.05) is 12.1 Å². The van der Waals surface area contributed by atoms with Crippen molar-refractivity contribution >= 4 is 34.5 Å². The summed E-state index contributed by atoms with van der Waals surface area (Å²) in [7, 11) is 0. The molecule has 1 aliphatic carbocycles. The highest BCUT2D eigenvalue weighted by atomic mass is 127. The summed E-state index contributed by atoms with van der Waals surface area (Å²) in [4.78, 5) is 23.6. The third-order valence-corrected chi connectivity index (χ3v) is 4.34. The second-order valence-corrected chi connectivity index (χ2v) is 6.12. The number of hydrogen-bond donors (Lipinski definition) is 1. The summed E-state index contributed by atoms with van der Waals surface area (Å²) in [6.07, 6.45) is 5.61. The standard InChI is InChI=1S/C15H18INO3/c16-13-9-5-4-8-12(13)15(19)20-10-14(18)17-11-6-2-1-3-7-11/h4-5,8-9,11H,1-3,6-7,10H2,(H,17,18). The van der Waals surface area contributed by atoms with Crippen LogP contribution >= 0.6 is 22.6 Å². The number of amides is 1. The lowest BCUT2D eigenvalue weighted by Gasteiger charge is -2.22. The molecule has 4 nitrogen and oxygen atoms in total. The molecule has 1 saturated carbocycles. The molecule has 0 radical (unpaired) electrons. The summed E-state index contributed by atoms with van der Waals surface area (Å²) in [5.41, 5.74) is 0.499. The van der Waals surface area contributed by atoms with Crippen LogP contribution in [0.4, 0.5) is 0 Å². The fourth-order valence-electron chi connectivity index (χ4n) is 2.35. The van der Waals surface area contributed by atoms with Crippen LogP contribution in [0, 0.1) is 3.57 Å². The Bertz CT molecular complexity index is 484. The molecule has 1 aliphatic rings. The van der Waals surface area contributed by atoms with E-state index in [9.17, 15) is 9.59 Å². The van der Waals surface area contributed by atoms with Gasteiger partial charge in [-0.25, -0.2) is 4.79 Å². The molecule has 0 bridgehead atoms. The van der Waals surface area contributed by atoms with Gasteiger partial charge in [-0.3, -0.25) is 4.79 Å². The van der Waals surface area contributed by atoms with E-state index >= 15 is 0 Å². The van der Waals surface area contributed by atoms with Crippen molar-refractivity contribution in [2.24, 2.45) is 0 Å². The van der Waals surface area contributed by atoms with Gasteiger partial charge in [0.05, 0.1) is 5.56 Å². The van der Waals surface area contributed by atoms with Crippen LogP contribution in [0.2, 0.25) is 0 Å². The van der Waals surface area contributed by atoms with Gasteiger partial charge in [0.2, 0.25) is 0 Å². The Morgan fingerprint density at radius 2 is 1.90 bits per heavy atom. The quantitative estimate of drug-likeness (QED) is 0.639. The monoisotopic (exact) mass is 387 g/mol. The molecule has 5 heteroatoms. The van der Waals surface area contributed by atoms with E-state index in [0.29, 0.717) is 5.56 Å². The Labute approximate surface area is 132 Å². The summed E-state index contributed by atoms with van der Waals surface area (Å²) in [5.74, 6) is -0.662. The van der Waals surface area contributed by atoms with Crippen molar-refractivity contribution in [3.05, 3.63) is 33.4 Å². The first kappa shape index (κ1) is 15.3. The average molecular weight is 387 g/mol. The van der Waals surface area contributed by atoms with Crippen molar-refractivity contribution in [3.63, 3.8) is 0 Å². The Morgan fingerprint density at radius 3 is 2.60 bits per heavy atom. The van der Waals surface area contributed by atoms with Gasteiger partial charge in [0.25, 0.3) is 5.91 Å². The molecule has 1 aromatic rings. The van der Waals surface area contributed by atoms with E-state index in [1.165, 1.54) is 6.42 Å². The number of rotatable bonds is 4. The molecule has 1 amide bonds. The van der Waals surface area contributed by atoms with Gasteiger partial charge >= 0.3 is 5.97 Å². The van der Waals surface area contributed by atoms with Crippen LogP contribution in [0.5, 0.6) is 0 Å². The number of benzene rings is 1. The molecule has 20 heavy (non-hydrogen) atoms. The molecule has 1 N–H and O–H groups in total. The Kier molecular flexibility index (Phi) is 5.82. The van der Waals surface area contributed by atoms with Crippen LogP contribution in [-0.4, -0.2) is 24.5 Å². The minimum atomic E-state index is -0.450. The lowest BCUT2D eigenvalue weighted by atomic mass is 9.95. The van der Waals surface area contributed by atoms with E-state index in [1.54, 1.807) is 12.1 Å². The lowest BCUT2D eigenvalue weighted by molar-refractivity contribution is -0.125. The highest BCUT2D eigenvalue weighted by Gasteiger charge is 2.17. The molecule has 2 rings (SSSR count). The highest BCUT2D eigenvalue weighted by molar-refractivity contribution is 14.1. The van der Waals surface area contributed by atoms with Crippen LogP contribution in [0.15, 0.2) is 24.3 Å². The molecule has 0 heterocycles. The fourth-order valence-corrected chi connectivity index (χ4v) is 2.96. The Balaban J connectivity index is 1.78. The second kappa shape index (κ2) is 7.61. The molecular formula is C15H18INO3. The first-order valence-corrected chi connectivity index (χ1v) is 7.95. The van der Waals surface area contributed by atoms with Crippen LogP contribution < -0.4 is 5.32 Å². The van der Waals surface area contributed by atoms with Crippen LogP contribution in [0.1, 0.15) is 42.5 Å². The zero-order valence-electron chi connectivity index (χ0n) is 11.2. The van der Waals surface area contributed by atoms with Crippen molar-refractivity contribution in [2.45, 2.75) is 38.1 Å². The maximum atomic E-state index is 11.9. The smallest absolute Gasteiger partial charge is 0.339 e. The zero-order chi connectivity index (χ0) is 14.4. The van der Waals surface area contributed by atoms with Crippen LogP contribution in [0.25, 0.3) is 0 Å². The van der Waals surface area contributed by atoms with E-state index < -0.39 is 5.97 Å². The molecule has 1 fully saturated rings. The molecule has 0 unspecified atom stereocenters. The molecule has 0 saturated heterocycles. The van der Waals surface area contributed by atoms with Gasteiger partial charge in [0.1, 0.15) is 0 Å². The number of halogens is 1. The van der Waals surface area contributed by atoms with Gasteiger partial charge in [-0.2, -0.15) is 0 Å². The van der Waals surface area contributed by atoms with E-state index in [2.05, 4.69) is 27.9 Å². The topological polar surface area (TPSA) is 55.4 Å². The maximum Gasteiger partial charge on any atom is 0.339 e. The minimum absolute atomic E-state index is 0.208. The molecule has 0 aromatic heterocycles. The number of nitrogens with one attached hydrogen (secondary N) is 1. The maximum absolute atomic E-state index is 11.9. The number of esters is 1. The number of hydrogen-bond acceptors (Lipinski definition) is 3. The van der Waals surface area contributed by atoms with Crippen molar-refractivity contribution < 1.29 is 14.3 Å². The Hall–Kier alpha value is -1.11. The van der Waals surface area contributed by atoms with Crippen molar-refractivity contribution in [1.82, 2.24) is 5.32 Å². The predicted molar refractivity (Wildman–Crippen MR) is 84.5 cm³/mol. The van der Waals surface area contributed by atoms with Crippen molar-refractivity contribution in [2.75, 3.05) is 6.61 Å². The van der Waals surface area contributed by atoms with Crippen molar-refractivity contribution in [3.8, 4) is 0 Å². The summed E-state index contributed by atoms with van der Waals surface area (Å²) >= 11 is 2.08. The summed E-state index contributed by atoms with van der Waals surface area (Å²) in [6, 6.07) is 7.41. The first-order valence-electron chi connectivity index (χ1n) is 6.88. The van der Waals surface area contributed by atoms with Gasteiger partial charge in [-0.15, -0.1) is 0 Å². The lowest BCUT2D eigenvalue weighted by Crippen LogP contribution is -2.38. The van der Waals surface area contributed by atoms with Crippen molar-refractivity contribution in [1.29, 1.82) is 0 Å². The molecule has 108 valence electrons. The SMILES string of the molecule is O=C(COC(=O)c1ccccc1I)NC1CCCCC1. The van der Waals surface area contributed by atoms with Crippen LogP contribution in [-0.2, 0) is 9.53 Å². The second-order valence-electron chi connectivity index (χ2n) is 4.96. The first-order chi connectivity index (χ1) is 9.66. The average Bonchev–Trinajstić information content (AvgIpc) is 2.46. The number of carbonyl (C=O) groups excluding carboxylic acids is 2. The molecule has 0 spiro atoms. The number of carbonyl (C=O) groups is 2. The van der Waals surface area contributed by atoms with Gasteiger partial charge in [-0.1, -0.05) is 31.4 Å². The largest absolute Gasteiger partial charge is 0.452 e. The Morgan fingerprint density at radius 1 is 1.20 bits per heavy atom. The third-order valence-electron chi connectivity index (χ3n) is 3.40. The summed E-state index contributed by atoms with van der Waals surface area (Å²) in [6.45, 7) is -0.208. The normalized spacial score (nSPS) is 15.7. The molecular weight excluding hydrogens is 369 g/mol. The fraction of sp³-hybridized carbons (Fsp3) is 0.467. The summed E-state index contributed by atoms with van der Waals surface area (Å²) in [5, 5.41) is 2.92. The molecule has 0 aliphatic heterocycles. The molecule has 1 aromatic carbocycles. The van der Waals surface area contributed by atoms with E-state index in [4.69, 9.17) is 4.74 Å². The zero-order valence-corrected chi connectivity index (χ0v) is 13.4. The number of ether oxygens (including phenoxy) is 1. The highest BCUT2D eigenvalue weighted by Crippen LogP contribution is 2.17. The van der Waals surface area contributed by atoms with E-state index in [-0.39, 0.29) is 18.6 Å².